The molecule has 1 nitrogen and oxygen atoms in total. The predicted molar refractivity (Wildman–Crippen MR) is 57.9 cm³/mol. The van der Waals surface area contributed by atoms with Crippen LogP contribution in [0, 0.1) is 5.41 Å². The highest BCUT2D eigenvalue weighted by molar-refractivity contribution is 6.30. The molecule has 0 unspecified atom stereocenters. The number of carbonyl (C=O) groups is 1. The first kappa shape index (κ1) is 9.72. The summed E-state index contributed by atoms with van der Waals surface area (Å²) in [5.41, 5.74) is 1.74. The summed E-state index contributed by atoms with van der Waals surface area (Å²) < 4.78 is 0. The van der Waals surface area contributed by atoms with Gasteiger partial charge in [0.2, 0.25) is 0 Å². The summed E-state index contributed by atoms with van der Waals surface area (Å²) in [6.45, 7) is 4.01. The van der Waals surface area contributed by atoms with E-state index >= 15 is 0 Å². The van der Waals surface area contributed by atoms with E-state index in [1.807, 2.05) is 26.0 Å². The monoisotopic (exact) mass is 208 g/mol. The van der Waals surface area contributed by atoms with Gasteiger partial charge in [0.15, 0.2) is 5.78 Å². The molecule has 2 rings (SSSR count). The highest BCUT2D eigenvalue weighted by atomic mass is 35.5. The van der Waals surface area contributed by atoms with Gasteiger partial charge in [-0.15, -0.1) is 0 Å². The van der Waals surface area contributed by atoms with Gasteiger partial charge in [-0.2, -0.15) is 0 Å². The van der Waals surface area contributed by atoms with Gasteiger partial charge < -0.3 is 0 Å². The maximum Gasteiger partial charge on any atom is 0.168 e. The molecule has 0 radical (unpaired) electrons. The minimum atomic E-state index is -0.208. The number of ketones is 1. The average Bonchev–Trinajstić information content (AvgIpc) is 2.12. The van der Waals surface area contributed by atoms with E-state index in [1.165, 1.54) is 0 Å². The van der Waals surface area contributed by atoms with Crippen LogP contribution >= 0.6 is 11.6 Å². The number of hydrogen-bond donors (Lipinski definition) is 0. The molecule has 1 aromatic carbocycles. The van der Waals surface area contributed by atoms with E-state index in [4.69, 9.17) is 11.6 Å². The third-order valence-electron chi connectivity index (χ3n) is 2.95. The van der Waals surface area contributed by atoms with Crippen LogP contribution in [0.2, 0.25) is 5.02 Å². The quantitative estimate of drug-likeness (QED) is 0.638. The van der Waals surface area contributed by atoms with Crippen LogP contribution in [0.15, 0.2) is 18.2 Å². The van der Waals surface area contributed by atoms with Crippen molar-refractivity contribution in [2.45, 2.75) is 26.7 Å². The number of carbonyl (C=O) groups excluding carboxylic acids is 1. The summed E-state index contributed by atoms with van der Waals surface area (Å²) in [5.74, 6) is 0.246. The highest BCUT2D eigenvalue weighted by Gasteiger charge is 2.33. The normalized spacial score (nSPS) is 19.2. The van der Waals surface area contributed by atoms with Gasteiger partial charge in [-0.25, -0.2) is 0 Å². The van der Waals surface area contributed by atoms with E-state index in [-0.39, 0.29) is 11.2 Å². The van der Waals surface area contributed by atoms with Crippen LogP contribution in [-0.2, 0) is 6.42 Å². The van der Waals surface area contributed by atoms with Gasteiger partial charge in [0.05, 0.1) is 0 Å². The molecule has 2 heteroatoms. The Morgan fingerprint density at radius 2 is 2.07 bits per heavy atom. The van der Waals surface area contributed by atoms with E-state index in [2.05, 4.69) is 0 Å². The number of Topliss-reactive ketones (excluding diaryl/α,β-unsaturated/α-hetero) is 1. The number of halogens is 1. The van der Waals surface area contributed by atoms with Crippen LogP contribution in [0.4, 0.5) is 0 Å². The first-order valence-electron chi connectivity index (χ1n) is 4.84. The molecule has 1 aliphatic carbocycles. The van der Waals surface area contributed by atoms with Crippen molar-refractivity contribution in [2.24, 2.45) is 5.41 Å². The summed E-state index contributed by atoms with van der Waals surface area (Å²) in [7, 11) is 0. The van der Waals surface area contributed by atoms with E-state index in [0.717, 1.165) is 29.0 Å². The lowest BCUT2D eigenvalue weighted by Crippen LogP contribution is -2.30. The molecule has 0 saturated carbocycles. The van der Waals surface area contributed by atoms with Crippen molar-refractivity contribution in [3.05, 3.63) is 34.3 Å². The highest BCUT2D eigenvalue weighted by Crippen LogP contribution is 2.35. The number of hydrogen-bond acceptors (Lipinski definition) is 1. The Labute approximate surface area is 89.1 Å². The molecule has 0 atom stereocenters. The average molecular weight is 209 g/mol. The van der Waals surface area contributed by atoms with Crippen molar-refractivity contribution < 1.29 is 4.79 Å². The van der Waals surface area contributed by atoms with E-state index in [0.29, 0.717) is 0 Å². The summed E-state index contributed by atoms with van der Waals surface area (Å²) >= 11 is 5.88. The fourth-order valence-corrected chi connectivity index (χ4v) is 2.11. The Bertz CT molecular complexity index is 393. The van der Waals surface area contributed by atoms with Gasteiger partial charge in [-0.1, -0.05) is 25.4 Å². The van der Waals surface area contributed by atoms with Crippen LogP contribution in [0.25, 0.3) is 0 Å². The molecule has 0 fully saturated rings. The molecule has 1 aromatic rings. The number of benzene rings is 1. The van der Waals surface area contributed by atoms with E-state index in [9.17, 15) is 4.79 Å². The molecular weight excluding hydrogens is 196 g/mol. The molecule has 0 N–H and O–H groups in total. The lowest BCUT2D eigenvalue weighted by Gasteiger charge is -2.29. The maximum absolute atomic E-state index is 12.0. The maximum atomic E-state index is 12.0. The second-order valence-corrected chi connectivity index (χ2v) is 4.95. The van der Waals surface area contributed by atoms with Crippen molar-refractivity contribution in [1.82, 2.24) is 0 Å². The zero-order chi connectivity index (χ0) is 10.3. The minimum Gasteiger partial charge on any atom is -0.294 e. The SMILES string of the molecule is CC1(C)CCc2cc(Cl)ccc2C1=O. The topological polar surface area (TPSA) is 17.1 Å². The van der Waals surface area contributed by atoms with Crippen LogP contribution < -0.4 is 0 Å². The Hall–Kier alpha value is -0.820. The molecule has 0 aromatic heterocycles. The van der Waals surface area contributed by atoms with Crippen molar-refractivity contribution in [2.75, 3.05) is 0 Å². The molecule has 74 valence electrons. The smallest absolute Gasteiger partial charge is 0.168 e. The molecule has 14 heavy (non-hydrogen) atoms. The molecule has 1 aliphatic rings. The van der Waals surface area contributed by atoms with Crippen molar-refractivity contribution in [1.29, 1.82) is 0 Å². The third-order valence-corrected chi connectivity index (χ3v) is 3.18. The second-order valence-electron chi connectivity index (χ2n) is 4.51. The Kier molecular flexibility index (Phi) is 2.15. The predicted octanol–water partition coefficient (Wildman–Crippen LogP) is 3.50. The zero-order valence-electron chi connectivity index (χ0n) is 8.43. The lowest BCUT2D eigenvalue weighted by atomic mass is 9.73. The van der Waals surface area contributed by atoms with Gasteiger partial charge in [0.1, 0.15) is 0 Å². The second kappa shape index (κ2) is 3.09. The summed E-state index contributed by atoms with van der Waals surface area (Å²) in [6.07, 6.45) is 1.87. The Morgan fingerprint density at radius 1 is 1.36 bits per heavy atom. The summed E-state index contributed by atoms with van der Waals surface area (Å²) in [5, 5.41) is 0.719. The molecule has 0 bridgehead atoms. The fraction of sp³-hybridized carbons (Fsp3) is 0.417. The van der Waals surface area contributed by atoms with E-state index < -0.39 is 0 Å². The van der Waals surface area contributed by atoms with Gasteiger partial charge in [-0.05, 0) is 36.6 Å². The minimum absolute atomic E-state index is 0.208. The van der Waals surface area contributed by atoms with Crippen LogP contribution in [-0.4, -0.2) is 5.78 Å². The van der Waals surface area contributed by atoms with Crippen molar-refractivity contribution in [3.8, 4) is 0 Å². The number of aryl methyl sites for hydroxylation is 1. The fourth-order valence-electron chi connectivity index (χ4n) is 1.92. The summed E-state index contributed by atoms with van der Waals surface area (Å²) in [4.78, 5) is 12.0. The van der Waals surface area contributed by atoms with Gasteiger partial charge >= 0.3 is 0 Å². The Balaban J connectivity index is 2.52. The van der Waals surface area contributed by atoms with Gasteiger partial charge in [-0.3, -0.25) is 4.79 Å². The van der Waals surface area contributed by atoms with Crippen molar-refractivity contribution in [3.63, 3.8) is 0 Å². The van der Waals surface area contributed by atoms with Gasteiger partial charge in [0, 0.05) is 16.0 Å². The molecular formula is C12H13ClO. The number of rotatable bonds is 0. The first-order valence-corrected chi connectivity index (χ1v) is 5.22. The number of fused-ring (bicyclic) bond motifs is 1. The van der Waals surface area contributed by atoms with E-state index in [1.54, 1.807) is 6.07 Å². The molecule has 0 saturated heterocycles. The largest absolute Gasteiger partial charge is 0.294 e. The van der Waals surface area contributed by atoms with Crippen molar-refractivity contribution >= 4 is 17.4 Å². The molecule has 0 aliphatic heterocycles. The molecule has 0 amide bonds. The van der Waals surface area contributed by atoms with Crippen LogP contribution in [0.3, 0.4) is 0 Å². The molecule has 0 heterocycles. The Morgan fingerprint density at radius 3 is 2.79 bits per heavy atom. The third kappa shape index (κ3) is 1.46. The lowest BCUT2D eigenvalue weighted by molar-refractivity contribution is 0.0811. The van der Waals surface area contributed by atoms with Gasteiger partial charge in [0.25, 0.3) is 0 Å². The van der Waals surface area contributed by atoms with Crippen LogP contribution in [0.1, 0.15) is 36.2 Å². The standard InChI is InChI=1S/C12H13ClO/c1-12(2)6-5-8-7-9(13)3-4-10(8)11(12)14/h3-4,7H,5-6H2,1-2H3. The van der Waals surface area contributed by atoms with Crippen LogP contribution in [0.5, 0.6) is 0 Å². The molecule has 0 spiro atoms. The summed E-state index contributed by atoms with van der Waals surface area (Å²) in [6, 6.07) is 5.55. The first-order chi connectivity index (χ1) is 6.50. The zero-order valence-corrected chi connectivity index (χ0v) is 9.19.